The zero-order chi connectivity index (χ0) is 14.3. The molecule has 0 amide bonds. The molecule has 1 heterocycles. The lowest BCUT2D eigenvalue weighted by molar-refractivity contribution is 0.0214. The summed E-state index contributed by atoms with van der Waals surface area (Å²) < 4.78 is 28.5. The van der Waals surface area contributed by atoms with Gasteiger partial charge in [0.1, 0.15) is 24.1 Å². The molecule has 0 aromatic carbocycles. The van der Waals surface area contributed by atoms with Gasteiger partial charge in [0.05, 0.1) is 6.61 Å². The third-order valence-electron chi connectivity index (χ3n) is 2.53. The Morgan fingerprint density at radius 1 is 1.26 bits per heavy atom. The van der Waals surface area contributed by atoms with Crippen LogP contribution in [0.2, 0.25) is 0 Å². The molecule has 5 nitrogen and oxygen atoms in total. The molecule has 19 heavy (non-hydrogen) atoms. The third kappa shape index (κ3) is 4.94. The van der Waals surface area contributed by atoms with E-state index in [4.69, 9.17) is 4.74 Å². The molecule has 7 heteroatoms. The van der Waals surface area contributed by atoms with Gasteiger partial charge in [-0.25, -0.2) is 18.7 Å². The first-order chi connectivity index (χ1) is 9.08. The van der Waals surface area contributed by atoms with Gasteiger partial charge in [0.25, 0.3) is 6.43 Å². The fourth-order valence-electron chi connectivity index (χ4n) is 1.55. The Morgan fingerprint density at radius 2 is 1.95 bits per heavy atom. The van der Waals surface area contributed by atoms with E-state index in [1.54, 1.807) is 7.05 Å². The van der Waals surface area contributed by atoms with E-state index in [9.17, 15) is 8.78 Å². The number of rotatable bonds is 8. The standard InChI is InChI=1S/C12H20F2N4O/c1-4-10-17-11(15-3)8(2)12(18-10)16-5-6-19-7-9(13)14/h9H,4-7H2,1-3H3,(H2,15,16,17,18). The van der Waals surface area contributed by atoms with E-state index >= 15 is 0 Å². The van der Waals surface area contributed by atoms with Crippen molar-refractivity contribution in [1.82, 2.24) is 9.97 Å². The Kier molecular flexibility index (Phi) is 6.41. The van der Waals surface area contributed by atoms with Crippen LogP contribution >= 0.6 is 0 Å². The fourth-order valence-corrected chi connectivity index (χ4v) is 1.55. The fraction of sp³-hybridized carbons (Fsp3) is 0.667. The van der Waals surface area contributed by atoms with Crippen LogP contribution < -0.4 is 10.6 Å². The number of hydrogen-bond acceptors (Lipinski definition) is 5. The zero-order valence-corrected chi connectivity index (χ0v) is 11.5. The molecule has 2 N–H and O–H groups in total. The summed E-state index contributed by atoms with van der Waals surface area (Å²) in [4.78, 5) is 8.71. The Morgan fingerprint density at radius 3 is 2.53 bits per heavy atom. The van der Waals surface area contributed by atoms with Crippen molar-refractivity contribution in [2.24, 2.45) is 0 Å². The summed E-state index contributed by atoms with van der Waals surface area (Å²) in [7, 11) is 1.80. The second kappa shape index (κ2) is 7.83. The largest absolute Gasteiger partial charge is 0.374 e. The summed E-state index contributed by atoms with van der Waals surface area (Å²) in [6, 6.07) is 0. The van der Waals surface area contributed by atoms with Gasteiger partial charge >= 0.3 is 0 Å². The monoisotopic (exact) mass is 274 g/mol. The molecule has 0 unspecified atom stereocenters. The van der Waals surface area contributed by atoms with Gasteiger partial charge in [-0.1, -0.05) is 6.92 Å². The summed E-state index contributed by atoms with van der Waals surface area (Å²) in [5.41, 5.74) is 0.897. The van der Waals surface area contributed by atoms with Crippen LogP contribution in [0, 0.1) is 6.92 Å². The number of aromatic nitrogens is 2. The van der Waals surface area contributed by atoms with Crippen LogP contribution in [-0.4, -0.2) is 43.2 Å². The quantitative estimate of drug-likeness (QED) is 0.711. The van der Waals surface area contributed by atoms with Gasteiger partial charge in [0.2, 0.25) is 0 Å². The SMILES string of the molecule is CCc1nc(NC)c(C)c(NCCOCC(F)F)n1. The van der Waals surface area contributed by atoms with Crippen molar-refractivity contribution in [1.29, 1.82) is 0 Å². The topological polar surface area (TPSA) is 59.1 Å². The van der Waals surface area contributed by atoms with E-state index in [1.807, 2.05) is 13.8 Å². The number of anilines is 2. The molecule has 0 saturated carbocycles. The molecule has 0 spiro atoms. The van der Waals surface area contributed by atoms with E-state index in [2.05, 4.69) is 20.6 Å². The first kappa shape index (κ1) is 15.6. The number of alkyl halides is 2. The minimum Gasteiger partial charge on any atom is -0.374 e. The van der Waals surface area contributed by atoms with Crippen molar-refractivity contribution in [3.8, 4) is 0 Å². The lowest BCUT2D eigenvalue weighted by atomic mass is 10.3. The van der Waals surface area contributed by atoms with Crippen LogP contribution in [0.5, 0.6) is 0 Å². The van der Waals surface area contributed by atoms with Crippen molar-refractivity contribution < 1.29 is 13.5 Å². The minimum atomic E-state index is -2.43. The third-order valence-corrected chi connectivity index (χ3v) is 2.53. The van der Waals surface area contributed by atoms with E-state index in [1.165, 1.54) is 0 Å². The summed E-state index contributed by atoms with van der Waals surface area (Å²) >= 11 is 0. The average Bonchev–Trinajstić information content (AvgIpc) is 2.39. The second-order valence-electron chi connectivity index (χ2n) is 3.96. The average molecular weight is 274 g/mol. The molecule has 1 rings (SSSR count). The summed E-state index contributed by atoms with van der Waals surface area (Å²) in [5, 5.41) is 6.08. The number of hydrogen-bond donors (Lipinski definition) is 2. The Hall–Kier alpha value is -1.50. The maximum atomic E-state index is 11.9. The van der Waals surface area contributed by atoms with Crippen molar-refractivity contribution in [2.75, 3.05) is 37.4 Å². The van der Waals surface area contributed by atoms with Crippen LogP contribution in [0.25, 0.3) is 0 Å². The number of aryl methyl sites for hydroxylation is 1. The smallest absolute Gasteiger partial charge is 0.261 e. The van der Waals surface area contributed by atoms with Crippen LogP contribution in [0.15, 0.2) is 0 Å². The van der Waals surface area contributed by atoms with Gasteiger partial charge in [-0.05, 0) is 6.92 Å². The Bertz CT molecular complexity index is 402. The van der Waals surface area contributed by atoms with Gasteiger partial charge < -0.3 is 15.4 Å². The zero-order valence-electron chi connectivity index (χ0n) is 11.5. The molecular formula is C12H20F2N4O. The highest BCUT2D eigenvalue weighted by molar-refractivity contribution is 5.56. The molecule has 0 aliphatic rings. The lowest BCUT2D eigenvalue weighted by Crippen LogP contribution is -2.15. The molecule has 0 bridgehead atoms. The molecular weight excluding hydrogens is 254 g/mol. The summed E-state index contributed by atoms with van der Waals surface area (Å²) in [5.74, 6) is 2.20. The molecule has 1 aromatic heterocycles. The Balaban J connectivity index is 2.57. The van der Waals surface area contributed by atoms with Crippen LogP contribution in [-0.2, 0) is 11.2 Å². The number of nitrogens with one attached hydrogen (secondary N) is 2. The molecule has 0 aliphatic heterocycles. The van der Waals surface area contributed by atoms with Gasteiger partial charge in [-0.15, -0.1) is 0 Å². The molecule has 0 saturated heterocycles. The highest BCUT2D eigenvalue weighted by Gasteiger charge is 2.08. The first-order valence-corrected chi connectivity index (χ1v) is 6.23. The number of ether oxygens (including phenoxy) is 1. The molecule has 0 atom stereocenters. The van der Waals surface area contributed by atoms with E-state index < -0.39 is 13.0 Å². The predicted octanol–water partition coefficient (Wildman–Crippen LogP) is 2.08. The van der Waals surface area contributed by atoms with Crippen LogP contribution in [0.3, 0.4) is 0 Å². The Labute approximate surface area is 111 Å². The maximum Gasteiger partial charge on any atom is 0.261 e. The summed E-state index contributed by atoms with van der Waals surface area (Å²) in [6.45, 7) is 3.97. The predicted molar refractivity (Wildman–Crippen MR) is 71.0 cm³/mol. The second-order valence-corrected chi connectivity index (χ2v) is 3.96. The van der Waals surface area contributed by atoms with Crippen molar-refractivity contribution in [2.45, 2.75) is 26.7 Å². The minimum absolute atomic E-state index is 0.212. The summed E-state index contributed by atoms with van der Waals surface area (Å²) in [6.07, 6.45) is -1.70. The van der Waals surface area contributed by atoms with Gasteiger partial charge in [-0.2, -0.15) is 0 Å². The normalized spacial score (nSPS) is 10.8. The molecule has 0 aliphatic carbocycles. The van der Waals surface area contributed by atoms with E-state index in [-0.39, 0.29) is 6.61 Å². The van der Waals surface area contributed by atoms with Gasteiger partial charge in [-0.3, -0.25) is 0 Å². The van der Waals surface area contributed by atoms with Crippen molar-refractivity contribution in [3.63, 3.8) is 0 Å². The highest BCUT2D eigenvalue weighted by atomic mass is 19.3. The molecule has 0 fully saturated rings. The molecule has 108 valence electrons. The van der Waals surface area contributed by atoms with E-state index in [0.29, 0.717) is 12.4 Å². The number of nitrogens with zero attached hydrogens (tertiary/aromatic N) is 2. The van der Waals surface area contributed by atoms with Gasteiger partial charge in [0, 0.05) is 25.6 Å². The first-order valence-electron chi connectivity index (χ1n) is 6.23. The van der Waals surface area contributed by atoms with Gasteiger partial charge in [0.15, 0.2) is 0 Å². The maximum absolute atomic E-state index is 11.9. The molecule has 1 aromatic rings. The van der Waals surface area contributed by atoms with Crippen LogP contribution in [0.4, 0.5) is 20.4 Å². The number of halogens is 2. The van der Waals surface area contributed by atoms with Crippen molar-refractivity contribution in [3.05, 3.63) is 11.4 Å². The van der Waals surface area contributed by atoms with Crippen LogP contribution in [0.1, 0.15) is 18.3 Å². The van der Waals surface area contributed by atoms with Crippen molar-refractivity contribution >= 4 is 11.6 Å². The molecule has 0 radical (unpaired) electrons. The lowest BCUT2D eigenvalue weighted by Gasteiger charge is -2.13. The van der Waals surface area contributed by atoms with E-state index in [0.717, 1.165) is 23.6 Å². The highest BCUT2D eigenvalue weighted by Crippen LogP contribution is 2.19.